The van der Waals surface area contributed by atoms with Gasteiger partial charge in [-0.05, 0) is 55.8 Å². The van der Waals surface area contributed by atoms with Crippen molar-refractivity contribution in [3.8, 4) is 0 Å². The summed E-state index contributed by atoms with van der Waals surface area (Å²) in [6.45, 7) is 15.7. The number of rotatable bonds is 17. The summed E-state index contributed by atoms with van der Waals surface area (Å²) >= 11 is 0. The first-order valence-electron chi connectivity index (χ1n) is 14.9. The van der Waals surface area contributed by atoms with Crippen LogP contribution in [0.15, 0.2) is 0 Å². The first-order chi connectivity index (χ1) is 16.2. The summed E-state index contributed by atoms with van der Waals surface area (Å²) in [5, 5.41) is 2.18. The van der Waals surface area contributed by atoms with Crippen LogP contribution in [0.1, 0.15) is 131 Å². The van der Waals surface area contributed by atoms with Gasteiger partial charge < -0.3 is 4.74 Å². The van der Waals surface area contributed by atoms with Crippen molar-refractivity contribution in [3.63, 3.8) is 0 Å². The normalized spacial score (nSPS) is 26.6. The third kappa shape index (κ3) is 11.9. The van der Waals surface area contributed by atoms with Gasteiger partial charge in [0.15, 0.2) is 0 Å². The molecule has 1 heterocycles. The third-order valence-electron chi connectivity index (χ3n) is 8.44. The zero-order chi connectivity index (χ0) is 24.9. The van der Waals surface area contributed by atoms with Gasteiger partial charge in [0.25, 0.3) is 0 Å². The van der Waals surface area contributed by atoms with Gasteiger partial charge in [-0.25, -0.2) is 5.01 Å². The van der Waals surface area contributed by atoms with E-state index in [4.69, 9.17) is 4.74 Å². The lowest BCUT2D eigenvalue weighted by atomic mass is 9.90. The summed E-state index contributed by atoms with van der Waals surface area (Å²) in [4.78, 5) is 11.8. The molecule has 2 rings (SSSR count). The van der Waals surface area contributed by atoms with Gasteiger partial charge in [0.05, 0.1) is 12.0 Å². The number of carbonyl (C=O) groups is 1. The Morgan fingerprint density at radius 1 is 0.853 bits per heavy atom. The van der Waals surface area contributed by atoms with Crippen molar-refractivity contribution < 1.29 is 9.53 Å². The van der Waals surface area contributed by atoms with Crippen LogP contribution >= 0.6 is 0 Å². The topological polar surface area (TPSA) is 41.6 Å². The molecule has 4 heteroatoms. The second kappa shape index (κ2) is 16.2. The molecule has 0 spiro atoms. The largest absolute Gasteiger partial charge is 0.378 e. The van der Waals surface area contributed by atoms with Crippen LogP contribution in [-0.2, 0) is 9.53 Å². The van der Waals surface area contributed by atoms with Crippen LogP contribution in [0.2, 0.25) is 0 Å². The Morgan fingerprint density at radius 3 is 1.94 bits per heavy atom. The highest BCUT2D eigenvalue weighted by atomic mass is 16.5. The van der Waals surface area contributed by atoms with Crippen LogP contribution in [0.25, 0.3) is 0 Å². The summed E-state index contributed by atoms with van der Waals surface area (Å²) in [7, 11) is 0. The fourth-order valence-corrected chi connectivity index (χ4v) is 5.84. The Bertz CT molecular complexity index is 552. The summed E-state index contributed by atoms with van der Waals surface area (Å²) in [5.74, 6) is 3.69. The standard InChI is InChI=1S/C30H58N2O2/c1-23(2)11-7-12-24(3)13-8-14-25(4)15-9-16-26(5)19-20-34-29-18-10-17-28(21-29)32-22-27(6)30(33)31-32/h23-29H,7-22H2,1-6H3,(H,31,33). The zero-order valence-corrected chi connectivity index (χ0v) is 23.6. The van der Waals surface area contributed by atoms with Crippen molar-refractivity contribution in [2.45, 2.75) is 144 Å². The lowest BCUT2D eigenvalue weighted by Crippen LogP contribution is -2.45. The number of hydrogen-bond donors (Lipinski definition) is 1. The quantitative estimate of drug-likeness (QED) is 0.232. The predicted octanol–water partition coefficient (Wildman–Crippen LogP) is 7.76. The number of ether oxygens (including phenoxy) is 1. The molecule has 0 bridgehead atoms. The molecule has 1 aliphatic carbocycles. The zero-order valence-electron chi connectivity index (χ0n) is 23.6. The molecule has 4 nitrogen and oxygen atoms in total. The summed E-state index contributed by atoms with van der Waals surface area (Å²) < 4.78 is 6.30. The average Bonchev–Trinajstić information content (AvgIpc) is 3.12. The minimum atomic E-state index is 0.119. The number of amides is 1. The molecule has 1 amide bonds. The number of hydrazine groups is 1. The highest BCUT2D eigenvalue weighted by Crippen LogP contribution is 2.27. The molecule has 0 radical (unpaired) electrons. The van der Waals surface area contributed by atoms with E-state index in [0.29, 0.717) is 12.1 Å². The Morgan fingerprint density at radius 2 is 1.41 bits per heavy atom. The molecule has 6 unspecified atom stereocenters. The predicted molar refractivity (Wildman–Crippen MR) is 145 cm³/mol. The van der Waals surface area contributed by atoms with Gasteiger partial charge in [0.1, 0.15) is 0 Å². The minimum absolute atomic E-state index is 0.119. The smallest absolute Gasteiger partial charge is 0.238 e. The summed E-state index contributed by atoms with van der Waals surface area (Å²) in [5.41, 5.74) is 3.07. The van der Waals surface area contributed by atoms with Crippen molar-refractivity contribution >= 4 is 5.91 Å². The fraction of sp³-hybridized carbons (Fsp3) is 0.967. The minimum Gasteiger partial charge on any atom is -0.378 e. The second-order valence-electron chi connectivity index (χ2n) is 12.6. The molecule has 1 saturated heterocycles. The Hall–Kier alpha value is -0.610. The van der Waals surface area contributed by atoms with Crippen LogP contribution in [-0.4, -0.2) is 36.2 Å². The number of nitrogens with one attached hydrogen (secondary N) is 1. The van der Waals surface area contributed by atoms with Crippen molar-refractivity contribution in [1.82, 2.24) is 10.4 Å². The molecular weight excluding hydrogens is 420 g/mol. The maximum Gasteiger partial charge on any atom is 0.238 e. The van der Waals surface area contributed by atoms with Crippen molar-refractivity contribution in [2.75, 3.05) is 13.2 Å². The second-order valence-corrected chi connectivity index (χ2v) is 12.6. The average molecular weight is 479 g/mol. The lowest BCUT2D eigenvalue weighted by Gasteiger charge is -2.34. The van der Waals surface area contributed by atoms with Gasteiger partial charge in [-0.2, -0.15) is 0 Å². The Labute approximate surface area is 212 Å². The van der Waals surface area contributed by atoms with Crippen molar-refractivity contribution in [1.29, 1.82) is 0 Å². The van der Waals surface area contributed by atoms with Gasteiger partial charge in [-0.1, -0.05) is 99.3 Å². The van der Waals surface area contributed by atoms with Crippen LogP contribution in [0, 0.1) is 29.6 Å². The number of carbonyl (C=O) groups excluding carboxylic acids is 1. The van der Waals surface area contributed by atoms with E-state index in [0.717, 1.165) is 43.2 Å². The molecule has 0 aromatic rings. The molecule has 1 saturated carbocycles. The first kappa shape index (κ1) is 29.6. The van der Waals surface area contributed by atoms with Crippen LogP contribution in [0.4, 0.5) is 0 Å². The molecule has 1 N–H and O–H groups in total. The highest BCUT2D eigenvalue weighted by Gasteiger charge is 2.34. The number of hydrogen-bond acceptors (Lipinski definition) is 3. The first-order valence-corrected chi connectivity index (χ1v) is 14.9. The van der Waals surface area contributed by atoms with Crippen molar-refractivity contribution in [2.24, 2.45) is 29.6 Å². The van der Waals surface area contributed by atoms with E-state index in [1.54, 1.807) is 0 Å². The van der Waals surface area contributed by atoms with Gasteiger partial charge >= 0.3 is 0 Å². The molecule has 34 heavy (non-hydrogen) atoms. The third-order valence-corrected chi connectivity index (χ3v) is 8.44. The number of nitrogens with zero attached hydrogens (tertiary/aromatic N) is 1. The van der Waals surface area contributed by atoms with Gasteiger partial charge in [-0.15, -0.1) is 0 Å². The van der Waals surface area contributed by atoms with E-state index in [1.165, 1.54) is 83.5 Å². The molecule has 2 aliphatic rings. The maximum atomic E-state index is 11.8. The van der Waals surface area contributed by atoms with Gasteiger partial charge in [0.2, 0.25) is 5.91 Å². The highest BCUT2D eigenvalue weighted by molar-refractivity contribution is 5.79. The van der Waals surface area contributed by atoms with E-state index < -0.39 is 0 Å². The molecule has 0 aromatic heterocycles. The summed E-state index contributed by atoms with van der Waals surface area (Å²) in [6, 6.07) is 0.453. The van der Waals surface area contributed by atoms with E-state index in [1.807, 2.05) is 6.92 Å². The maximum absolute atomic E-state index is 11.8. The molecular formula is C30H58N2O2. The van der Waals surface area contributed by atoms with Crippen molar-refractivity contribution in [3.05, 3.63) is 0 Å². The molecule has 1 aliphatic heterocycles. The molecule has 6 atom stereocenters. The lowest BCUT2D eigenvalue weighted by molar-refractivity contribution is -0.124. The monoisotopic (exact) mass is 478 g/mol. The summed E-state index contributed by atoms with van der Waals surface area (Å²) in [6.07, 6.45) is 18.7. The van der Waals surface area contributed by atoms with Crippen LogP contribution < -0.4 is 5.43 Å². The van der Waals surface area contributed by atoms with Crippen LogP contribution in [0.3, 0.4) is 0 Å². The molecule has 200 valence electrons. The van der Waals surface area contributed by atoms with Gasteiger partial charge in [-0.3, -0.25) is 10.2 Å². The Balaban J connectivity index is 1.47. The Kier molecular flexibility index (Phi) is 14.1. The van der Waals surface area contributed by atoms with Crippen LogP contribution in [0.5, 0.6) is 0 Å². The van der Waals surface area contributed by atoms with E-state index >= 15 is 0 Å². The fourth-order valence-electron chi connectivity index (χ4n) is 5.84. The van der Waals surface area contributed by atoms with E-state index in [9.17, 15) is 4.79 Å². The SMILES string of the molecule is CC(C)CCCC(C)CCCC(C)CCCC(C)CCOC1CCCC(N2CC(C)C(=O)N2)C1. The van der Waals surface area contributed by atoms with E-state index in [-0.39, 0.29) is 11.8 Å². The molecule has 0 aromatic carbocycles. The van der Waals surface area contributed by atoms with E-state index in [2.05, 4.69) is 45.1 Å². The molecule has 2 fully saturated rings. The van der Waals surface area contributed by atoms with Gasteiger partial charge in [0, 0.05) is 19.2 Å².